The first-order valence-electron chi connectivity index (χ1n) is 9.15. The number of carbonyl (C=O) groups is 1. The van der Waals surface area contributed by atoms with Gasteiger partial charge in [-0.15, -0.1) is 10.2 Å². The highest BCUT2D eigenvalue weighted by molar-refractivity contribution is 7.98. The number of aromatic nitrogens is 3. The van der Waals surface area contributed by atoms with Crippen molar-refractivity contribution in [3.63, 3.8) is 0 Å². The van der Waals surface area contributed by atoms with Crippen LogP contribution in [0.3, 0.4) is 0 Å². The Labute approximate surface area is 169 Å². The van der Waals surface area contributed by atoms with E-state index >= 15 is 0 Å². The quantitative estimate of drug-likeness (QED) is 0.356. The van der Waals surface area contributed by atoms with Gasteiger partial charge in [-0.05, 0) is 29.7 Å². The van der Waals surface area contributed by atoms with E-state index in [2.05, 4.69) is 27.6 Å². The molecule has 0 spiro atoms. The van der Waals surface area contributed by atoms with E-state index in [4.69, 9.17) is 0 Å². The van der Waals surface area contributed by atoms with E-state index in [0.29, 0.717) is 5.56 Å². The van der Waals surface area contributed by atoms with Gasteiger partial charge in [-0.1, -0.05) is 67.6 Å². The fourth-order valence-corrected chi connectivity index (χ4v) is 3.46. The van der Waals surface area contributed by atoms with Crippen molar-refractivity contribution in [2.45, 2.75) is 30.7 Å². The van der Waals surface area contributed by atoms with Crippen LogP contribution in [0.5, 0.6) is 0 Å². The molecule has 1 heterocycles. The molecule has 2 aromatic carbocycles. The molecule has 0 saturated carbocycles. The Morgan fingerprint density at radius 1 is 1.11 bits per heavy atom. The van der Waals surface area contributed by atoms with Crippen LogP contribution in [0.1, 0.15) is 41.3 Å². The molecule has 0 saturated heterocycles. The van der Waals surface area contributed by atoms with Gasteiger partial charge in [0, 0.05) is 18.4 Å². The van der Waals surface area contributed by atoms with Gasteiger partial charge in [-0.3, -0.25) is 4.79 Å². The van der Waals surface area contributed by atoms with Gasteiger partial charge in [-0.2, -0.15) is 5.10 Å². The summed E-state index contributed by atoms with van der Waals surface area (Å²) in [6.45, 7) is 2.10. The minimum absolute atomic E-state index is 0.211. The van der Waals surface area contributed by atoms with Gasteiger partial charge in [0.25, 0.3) is 5.91 Å². The number of rotatable bonds is 8. The summed E-state index contributed by atoms with van der Waals surface area (Å²) in [7, 11) is 1.92. The molecule has 0 unspecified atom stereocenters. The van der Waals surface area contributed by atoms with Crippen molar-refractivity contribution in [3.8, 4) is 0 Å². The number of nitrogens with zero attached hydrogens (tertiary/aromatic N) is 4. The molecule has 0 fully saturated rings. The predicted octanol–water partition coefficient (Wildman–Crippen LogP) is 4.04. The lowest BCUT2D eigenvalue weighted by Gasteiger charge is -2.07. The molecule has 0 aliphatic carbocycles. The fourth-order valence-electron chi connectivity index (χ4n) is 2.62. The molecule has 6 nitrogen and oxygen atoms in total. The number of thioether (sulfide) groups is 1. The summed E-state index contributed by atoms with van der Waals surface area (Å²) in [5.41, 5.74) is 6.30. The van der Waals surface area contributed by atoms with Crippen molar-refractivity contribution in [1.29, 1.82) is 0 Å². The number of benzene rings is 2. The van der Waals surface area contributed by atoms with Gasteiger partial charge < -0.3 is 4.57 Å². The van der Waals surface area contributed by atoms with Gasteiger partial charge in [-0.25, -0.2) is 5.43 Å². The molecule has 1 aromatic heterocycles. The van der Waals surface area contributed by atoms with Crippen LogP contribution in [0.15, 0.2) is 71.2 Å². The zero-order chi connectivity index (χ0) is 19.8. The molecule has 0 atom stereocenters. The number of hydrazone groups is 1. The van der Waals surface area contributed by atoms with Gasteiger partial charge in [0.15, 0.2) is 5.16 Å². The minimum Gasteiger partial charge on any atom is -0.312 e. The molecule has 3 rings (SSSR count). The summed E-state index contributed by atoms with van der Waals surface area (Å²) in [6.07, 6.45) is 3.45. The van der Waals surface area contributed by atoms with Crippen molar-refractivity contribution >= 4 is 23.4 Å². The second-order valence-electron chi connectivity index (χ2n) is 6.33. The highest BCUT2D eigenvalue weighted by Crippen LogP contribution is 2.20. The molecule has 7 heteroatoms. The SMILES string of the molecule is CCC/C(=N/NC(=O)c1ccc(CSc2nncn2C)cc1)c1ccccc1. The molecule has 3 aromatic rings. The Morgan fingerprint density at radius 3 is 2.50 bits per heavy atom. The maximum atomic E-state index is 12.4. The number of amides is 1. The minimum atomic E-state index is -0.211. The van der Waals surface area contributed by atoms with E-state index in [9.17, 15) is 4.79 Å². The van der Waals surface area contributed by atoms with Crippen molar-refractivity contribution in [2.75, 3.05) is 0 Å². The van der Waals surface area contributed by atoms with Crippen LogP contribution in [0, 0.1) is 0 Å². The zero-order valence-electron chi connectivity index (χ0n) is 16.0. The first-order chi connectivity index (χ1) is 13.7. The summed E-state index contributed by atoms with van der Waals surface area (Å²) in [5.74, 6) is 0.554. The topological polar surface area (TPSA) is 72.2 Å². The lowest BCUT2D eigenvalue weighted by molar-refractivity contribution is 0.0955. The summed E-state index contributed by atoms with van der Waals surface area (Å²) < 4.78 is 1.88. The first-order valence-corrected chi connectivity index (χ1v) is 10.1. The summed E-state index contributed by atoms with van der Waals surface area (Å²) >= 11 is 1.61. The van der Waals surface area contributed by atoms with Crippen LogP contribution in [0.2, 0.25) is 0 Å². The number of hydrogen-bond acceptors (Lipinski definition) is 5. The smallest absolute Gasteiger partial charge is 0.271 e. The zero-order valence-corrected chi connectivity index (χ0v) is 16.8. The first kappa shape index (κ1) is 19.8. The lowest BCUT2D eigenvalue weighted by Crippen LogP contribution is -2.20. The fraction of sp³-hybridized carbons (Fsp3) is 0.238. The number of nitrogens with one attached hydrogen (secondary N) is 1. The standard InChI is InChI=1S/C21H23N5OS/c1-3-7-19(17-8-5-4-6-9-17)23-24-20(27)18-12-10-16(11-13-18)14-28-21-25-22-15-26(21)2/h4-6,8-13,15H,3,7,14H2,1-2H3,(H,24,27)/b23-19-. The Balaban J connectivity index is 1.61. The number of hydrogen-bond donors (Lipinski definition) is 1. The van der Waals surface area contributed by atoms with Crippen LogP contribution in [-0.2, 0) is 12.8 Å². The third kappa shape index (κ3) is 5.29. The van der Waals surface area contributed by atoms with E-state index in [1.165, 1.54) is 0 Å². The molecule has 1 N–H and O–H groups in total. The van der Waals surface area contributed by atoms with E-state index in [-0.39, 0.29) is 5.91 Å². The van der Waals surface area contributed by atoms with E-state index in [1.807, 2.05) is 66.2 Å². The lowest BCUT2D eigenvalue weighted by atomic mass is 10.1. The molecule has 0 aliphatic heterocycles. The molecule has 144 valence electrons. The Morgan fingerprint density at radius 2 is 1.86 bits per heavy atom. The highest BCUT2D eigenvalue weighted by atomic mass is 32.2. The maximum Gasteiger partial charge on any atom is 0.271 e. The van der Waals surface area contributed by atoms with Crippen LogP contribution in [0.25, 0.3) is 0 Å². The van der Waals surface area contributed by atoms with Gasteiger partial charge in [0.1, 0.15) is 6.33 Å². The van der Waals surface area contributed by atoms with Crippen molar-refractivity contribution in [3.05, 3.63) is 77.6 Å². The Kier molecular flexibility index (Phi) is 6.97. The van der Waals surface area contributed by atoms with Crippen molar-refractivity contribution < 1.29 is 4.79 Å². The Bertz CT molecular complexity index is 935. The molecule has 0 aliphatic rings. The molecular formula is C21H23N5OS. The second kappa shape index (κ2) is 9.85. The average molecular weight is 394 g/mol. The second-order valence-corrected chi connectivity index (χ2v) is 7.27. The number of aryl methyl sites for hydroxylation is 1. The van der Waals surface area contributed by atoms with Crippen LogP contribution in [0.4, 0.5) is 0 Å². The third-order valence-electron chi connectivity index (χ3n) is 4.14. The summed E-state index contributed by atoms with van der Waals surface area (Å²) in [6, 6.07) is 17.5. The van der Waals surface area contributed by atoms with Crippen LogP contribution >= 0.6 is 11.8 Å². The number of carbonyl (C=O) groups excluding carboxylic acids is 1. The molecule has 0 radical (unpaired) electrons. The summed E-state index contributed by atoms with van der Waals surface area (Å²) in [5, 5.41) is 13.1. The highest BCUT2D eigenvalue weighted by Gasteiger charge is 2.08. The molecule has 28 heavy (non-hydrogen) atoms. The normalized spacial score (nSPS) is 11.4. The van der Waals surface area contributed by atoms with Crippen molar-refractivity contribution in [2.24, 2.45) is 12.1 Å². The van der Waals surface area contributed by atoms with Crippen molar-refractivity contribution in [1.82, 2.24) is 20.2 Å². The molecule has 1 amide bonds. The van der Waals surface area contributed by atoms with Gasteiger partial charge in [0.2, 0.25) is 0 Å². The average Bonchev–Trinajstić information content (AvgIpc) is 3.15. The third-order valence-corrected chi connectivity index (χ3v) is 5.25. The molecule has 0 bridgehead atoms. The van der Waals surface area contributed by atoms with Crippen LogP contribution < -0.4 is 5.43 Å². The predicted molar refractivity (Wildman–Crippen MR) is 112 cm³/mol. The largest absolute Gasteiger partial charge is 0.312 e. The molecular weight excluding hydrogens is 370 g/mol. The maximum absolute atomic E-state index is 12.4. The Hall–Kier alpha value is -2.93. The van der Waals surface area contributed by atoms with E-state index < -0.39 is 0 Å². The van der Waals surface area contributed by atoms with Crippen LogP contribution in [-0.4, -0.2) is 26.4 Å². The van der Waals surface area contributed by atoms with Gasteiger partial charge >= 0.3 is 0 Å². The monoisotopic (exact) mass is 393 g/mol. The summed E-state index contributed by atoms with van der Waals surface area (Å²) in [4.78, 5) is 12.4. The van der Waals surface area contributed by atoms with E-state index in [1.54, 1.807) is 18.1 Å². The van der Waals surface area contributed by atoms with Gasteiger partial charge in [0.05, 0.1) is 5.71 Å². The van der Waals surface area contributed by atoms with E-state index in [0.717, 1.165) is 40.6 Å².